The molecule has 0 radical (unpaired) electrons. The van der Waals surface area contributed by atoms with E-state index in [9.17, 15) is 0 Å². The number of rotatable bonds is 4. The van der Waals surface area contributed by atoms with Crippen molar-refractivity contribution in [2.45, 2.75) is 18.9 Å². The van der Waals surface area contributed by atoms with Gasteiger partial charge in [0, 0.05) is 25.4 Å². The molecule has 0 fully saturated rings. The van der Waals surface area contributed by atoms with Gasteiger partial charge in [-0.2, -0.15) is 0 Å². The predicted molar refractivity (Wildman–Crippen MR) is 83.9 cm³/mol. The first kappa shape index (κ1) is 14.4. The van der Waals surface area contributed by atoms with Crippen molar-refractivity contribution in [2.24, 2.45) is 5.73 Å². The van der Waals surface area contributed by atoms with Crippen LogP contribution in [-0.2, 0) is 12.8 Å². The molecule has 1 unspecified atom stereocenters. The smallest absolute Gasteiger partial charge is 0.0453 e. The van der Waals surface area contributed by atoms with E-state index < -0.39 is 0 Å². The van der Waals surface area contributed by atoms with Crippen LogP contribution >= 0.6 is 50.5 Å². The second-order valence-electron chi connectivity index (χ2n) is 4.10. The summed E-state index contributed by atoms with van der Waals surface area (Å²) < 4.78 is 1.13. The number of thiophene rings is 1. The minimum absolute atomic E-state index is 0.0543. The molecule has 1 heterocycles. The first-order valence-corrected chi connectivity index (χ1v) is 7.90. The minimum atomic E-state index is 0.0543. The molecule has 0 saturated heterocycles. The third-order valence-electron chi connectivity index (χ3n) is 2.64. The summed E-state index contributed by atoms with van der Waals surface area (Å²) in [4.78, 5) is 1.27. The van der Waals surface area contributed by atoms with Gasteiger partial charge in [-0.15, -0.1) is 11.3 Å². The monoisotopic (exact) mass is 363 g/mol. The van der Waals surface area contributed by atoms with Crippen LogP contribution in [0, 0.1) is 0 Å². The molecule has 0 saturated carbocycles. The lowest BCUT2D eigenvalue weighted by Crippen LogP contribution is -2.25. The average Bonchev–Trinajstić information content (AvgIpc) is 2.69. The van der Waals surface area contributed by atoms with Crippen molar-refractivity contribution >= 4 is 50.5 Å². The van der Waals surface area contributed by atoms with E-state index in [0.717, 1.165) is 22.9 Å². The highest BCUT2D eigenvalue weighted by molar-refractivity contribution is 9.10. The second kappa shape index (κ2) is 6.40. The fourth-order valence-corrected chi connectivity index (χ4v) is 3.85. The van der Waals surface area contributed by atoms with Crippen LogP contribution in [0.1, 0.15) is 10.4 Å². The van der Waals surface area contributed by atoms with Crippen LogP contribution in [0.2, 0.25) is 10.0 Å². The van der Waals surface area contributed by atoms with Gasteiger partial charge in [-0.05, 0) is 57.9 Å². The van der Waals surface area contributed by atoms with E-state index >= 15 is 0 Å². The first-order valence-electron chi connectivity index (χ1n) is 5.47. The van der Waals surface area contributed by atoms with Crippen molar-refractivity contribution in [1.82, 2.24) is 0 Å². The molecule has 1 atom stereocenters. The van der Waals surface area contributed by atoms with Crippen molar-refractivity contribution in [3.05, 3.63) is 54.6 Å². The topological polar surface area (TPSA) is 26.0 Å². The molecule has 0 aliphatic heterocycles. The van der Waals surface area contributed by atoms with Crippen LogP contribution in [0.5, 0.6) is 0 Å². The van der Waals surface area contributed by atoms with Crippen LogP contribution in [-0.4, -0.2) is 6.04 Å². The maximum atomic E-state index is 6.17. The Morgan fingerprint density at radius 2 is 2.00 bits per heavy atom. The molecule has 5 heteroatoms. The Morgan fingerprint density at radius 3 is 2.61 bits per heavy atom. The molecule has 0 aliphatic rings. The van der Waals surface area contributed by atoms with E-state index in [2.05, 4.69) is 21.3 Å². The molecule has 18 heavy (non-hydrogen) atoms. The van der Waals surface area contributed by atoms with Gasteiger partial charge in [0.25, 0.3) is 0 Å². The predicted octanol–water partition coefficient (Wildman–Crippen LogP) is 4.93. The zero-order chi connectivity index (χ0) is 13.1. The molecule has 0 amide bonds. The fourth-order valence-electron chi connectivity index (χ4n) is 1.75. The standard InChI is InChI=1S/C13H12BrCl2NS/c14-11-3-4-18-13(11)7-10(17)5-8-1-2-9(15)6-12(8)16/h1-4,6,10H,5,7,17H2. The molecule has 1 aromatic carbocycles. The van der Waals surface area contributed by atoms with E-state index in [-0.39, 0.29) is 6.04 Å². The van der Waals surface area contributed by atoms with Gasteiger partial charge in [0.1, 0.15) is 0 Å². The van der Waals surface area contributed by atoms with Crippen LogP contribution in [0.4, 0.5) is 0 Å². The van der Waals surface area contributed by atoms with Crippen LogP contribution in [0.15, 0.2) is 34.1 Å². The van der Waals surface area contributed by atoms with Crippen LogP contribution in [0.3, 0.4) is 0 Å². The largest absolute Gasteiger partial charge is 0.327 e. The highest BCUT2D eigenvalue weighted by Gasteiger charge is 2.11. The first-order chi connectivity index (χ1) is 8.56. The van der Waals surface area contributed by atoms with Gasteiger partial charge in [0.05, 0.1) is 0 Å². The summed E-state index contributed by atoms with van der Waals surface area (Å²) in [5.41, 5.74) is 7.21. The maximum Gasteiger partial charge on any atom is 0.0453 e. The lowest BCUT2D eigenvalue weighted by Gasteiger charge is -2.12. The Balaban J connectivity index is 2.03. The Labute approximate surface area is 129 Å². The third kappa shape index (κ3) is 3.72. The van der Waals surface area contributed by atoms with Gasteiger partial charge in [-0.3, -0.25) is 0 Å². The number of benzene rings is 1. The molecule has 0 spiro atoms. The molecule has 2 rings (SSSR count). The summed E-state index contributed by atoms with van der Waals surface area (Å²) in [6.07, 6.45) is 1.59. The van der Waals surface area contributed by atoms with Gasteiger partial charge >= 0.3 is 0 Å². The van der Waals surface area contributed by atoms with Gasteiger partial charge in [0.15, 0.2) is 0 Å². The van der Waals surface area contributed by atoms with Crippen molar-refractivity contribution in [2.75, 3.05) is 0 Å². The fraction of sp³-hybridized carbons (Fsp3) is 0.231. The van der Waals surface area contributed by atoms with Gasteiger partial charge in [0.2, 0.25) is 0 Å². The van der Waals surface area contributed by atoms with E-state index in [1.807, 2.05) is 18.2 Å². The lowest BCUT2D eigenvalue weighted by molar-refractivity contribution is 0.670. The quantitative estimate of drug-likeness (QED) is 0.817. The molecule has 0 bridgehead atoms. The SMILES string of the molecule is NC(Cc1ccc(Cl)cc1Cl)Cc1sccc1Br. The summed E-state index contributed by atoms with van der Waals surface area (Å²) in [5.74, 6) is 0. The number of halogens is 3. The van der Waals surface area contributed by atoms with E-state index in [0.29, 0.717) is 10.0 Å². The van der Waals surface area contributed by atoms with Crippen molar-refractivity contribution in [3.63, 3.8) is 0 Å². The van der Waals surface area contributed by atoms with Crippen molar-refractivity contribution in [1.29, 1.82) is 0 Å². The van der Waals surface area contributed by atoms with Crippen molar-refractivity contribution < 1.29 is 0 Å². The molecule has 96 valence electrons. The van der Waals surface area contributed by atoms with Crippen molar-refractivity contribution in [3.8, 4) is 0 Å². The molecule has 2 N–H and O–H groups in total. The highest BCUT2D eigenvalue weighted by atomic mass is 79.9. The zero-order valence-corrected chi connectivity index (χ0v) is 13.4. The van der Waals surface area contributed by atoms with Gasteiger partial charge in [-0.25, -0.2) is 0 Å². The number of hydrogen-bond donors (Lipinski definition) is 1. The van der Waals surface area contributed by atoms with Gasteiger partial charge < -0.3 is 5.73 Å². The van der Waals surface area contributed by atoms with E-state index in [1.54, 1.807) is 17.4 Å². The summed E-state index contributed by atoms with van der Waals surface area (Å²) in [5, 5.41) is 3.39. The Kier molecular flexibility index (Phi) is 5.10. The number of hydrogen-bond acceptors (Lipinski definition) is 2. The summed E-state index contributed by atoms with van der Waals surface area (Å²) in [7, 11) is 0. The molecular weight excluding hydrogens is 353 g/mol. The zero-order valence-electron chi connectivity index (χ0n) is 9.50. The molecule has 2 aromatic rings. The Morgan fingerprint density at radius 1 is 1.22 bits per heavy atom. The second-order valence-corrected chi connectivity index (χ2v) is 6.79. The summed E-state index contributed by atoms with van der Waals surface area (Å²) >= 11 is 17.2. The maximum absolute atomic E-state index is 6.17. The normalized spacial score (nSPS) is 12.7. The van der Waals surface area contributed by atoms with Gasteiger partial charge in [-0.1, -0.05) is 29.3 Å². The van der Waals surface area contributed by atoms with E-state index in [4.69, 9.17) is 28.9 Å². The molecular formula is C13H12BrCl2NS. The third-order valence-corrected chi connectivity index (χ3v) is 5.17. The molecule has 1 aromatic heterocycles. The van der Waals surface area contributed by atoms with Crippen LogP contribution in [0.25, 0.3) is 0 Å². The van der Waals surface area contributed by atoms with Crippen LogP contribution < -0.4 is 5.73 Å². The highest BCUT2D eigenvalue weighted by Crippen LogP contribution is 2.26. The molecule has 0 aliphatic carbocycles. The summed E-state index contributed by atoms with van der Waals surface area (Å²) in [6, 6.07) is 7.64. The number of nitrogens with two attached hydrogens (primary N) is 1. The lowest BCUT2D eigenvalue weighted by atomic mass is 10.0. The average molecular weight is 365 g/mol. The minimum Gasteiger partial charge on any atom is -0.327 e. The van der Waals surface area contributed by atoms with E-state index in [1.165, 1.54) is 4.88 Å². The Hall–Kier alpha value is -0.0600. The Bertz CT molecular complexity index is 542. The summed E-state index contributed by atoms with van der Waals surface area (Å²) in [6.45, 7) is 0. The molecule has 1 nitrogen and oxygen atoms in total.